The maximum atomic E-state index is 5.60. The Bertz CT molecular complexity index is 495. The normalized spacial score (nSPS) is 15.3. The van der Waals surface area contributed by atoms with Crippen LogP contribution in [0.25, 0.3) is 6.08 Å². The fraction of sp³-hybridized carbons (Fsp3) is 0.500. The van der Waals surface area contributed by atoms with E-state index in [1.807, 2.05) is 13.0 Å². The summed E-state index contributed by atoms with van der Waals surface area (Å²) in [4.78, 5) is 0. The van der Waals surface area contributed by atoms with Crippen LogP contribution in [0.2, 0.25) is 0 Å². The summed E-state index contributed by atoms with van der Waals surface area (Å²) in [5.74, 6) is 1.52. The maximum absolute atomic E-state index is 5.60. The van der Waals surface area contributed by atoms with E-state index in [1.54, 1.807) is 7.11 Å². The molecule has 0 aromatic heterocycles. The molecule has 0 unspecified atom stereocenters. The molecule has 110 valence electrons. The molecule has 1 N–H and O–H groups in total. The van der Waals surface area contributed by atoms with Crippen LogP contribution < -0.4 is 14.8 Å². The molecule has 0 saturated heterocycles. The van der Waals surface area contributed by atoms with Crippen molar-refractivity contribution in [3.63, 3.8) is 0 Å². The zero-order chi connectivity index (χ0) is 14.5. The number of halogens is 1. The molecule has 1 aliphatic rings. The first-order chi connectivity index (χ1) is 9.63. The van der Waals surface area contributed by atoms with Gasteiger partial charge in [0.05, 0.1) is 18.2 Å². The monoisotopic (exact) mass is 339 g/mol. The molecule has 1 aromatic rings. The highest BCUT2D eigenvalue weighted by molar-refractivity contribution is 9.10. The van der Waals surface area contributed by atoms with Gasteiger partial charge in [-0.1, -0.05) is 11.6 Å². The molecular weight excluding hydrogens is 318 g/mol. The van der Waals surface area contributed by atoms with E-state index in [9.17, 15) is 0 Å². The Morgan fingerprint density at radius 1 is 1.45 bits per heavy atom. The Morgan fingerprint density at radius 2 is 2.20 bits per heavy atom. The number of methoxy groups -OCH3 is 1. The Morgan fingerprint density at radius 3 is 2.80 bits per heavy atom. The van der Waals surface area contributed by atoms with Crippen LogP contribution in [-0.2, 0) is 0 Å². The molecular formula is C16H22BrNO2. The van der Waals surface area contributed by atoms with Crippen LogP contribution >= 0.6 is 15.9 Å². The van der Waals surface area contributed by atoms with Gasteiger partial charge in [-0.05, 0) is 60.3 Å². The van der Waals surface area contributed by atoms with Gasteiger partial charge in [0.25, 0.3) is 0 Å². The molecule has 0 amide bonds. The van der Waals surface area contributed by atoms with Gasteiger partial charge in [0, 0.05) is 12.6 Å². The van der Waals surface area contributed by atoms with Crippen LogP contribution in [0.1, 0.15) is 32.3 Å². The van der Waals surface area contributed by atoms with E-state index in [-0.39, 0.29) is 0 Å². The molecule has 1 aliphatic carbocycles. The van der Waals surface area contributed by atoms with Crippen LogP contribution in [0.5, 0.6) is 11.5 Å². The first-order valence-corrected chi connectivity index (χ1v) is 7.84. The standard InChI is InChI=1S/C16H22BrNO2/c1-4-20-16-14(17)8-12(9-15(16)19-3)7-11(2)10-18-13-5-6-13/h7-9,13,18H,4-6,10H2,1-3H3. The Labute approximate surface area is 129 Å². The van der Waals surface area contributed by atoms with Crippen molar-refractivity contribution in [1.29, 1.82) is 0 Å². The SMILES string of the molecule is CCOc1c(Br)cc(C=C(C)CNC2CC2)cc1OC. The second-order valence-corrected chi connectivity index (χ2v) is 5.97. The molecule has 0 bridgehead atoms. The van der Waals surface area contributed by atoms with E-state index in [0.717, 1.165) is 34.1 Å². The summed E-state index contributed by atoms with van der Waals surface area (Å²) in [7, 11) is 1.67. The largest absolute Gasteiger partial charge is 0.493 e. The highest BCUT2D eigenvalue weighted by Crippen LogP contribution is 2.37. The van der Waals surface area contributed by atoms with Gasteiger partial charge in [0.15, 0.2) is 11.5 Å². The number of hydrogen-bond donors (Lipinski definition) is 1. The third kappa shape index (κ3) is 4.25. The lowest BCUT2D eigenvalue weighted by Gasteiger charge is -2.12. The van der Waals surface area contributed by atoms with Crippen LogP contribution in [0, 0.1) is 0 Å². The zero-order valence-electron chi connectivity index (χ0n) is 12.3. The van der Waals surface area contributed by atoms with Gasteiger partial charge in [0.2, 0.25) is 0 Å². The van der Waals surface area contributed by atoms with Crippen LogP contribution in [0.3, 0.4) is 0 Å². The summed E-state index contributed by atoms with van der Waals surface area (Å²) in [5, 5.41) is 3.52. The Balaban J connectivity index is 2.14. The predicted octanol–water partition coefficient (Wildman–Crippen LogP) is 4.01. The summed E-state index contributed by atoms with van der Waals surface area (Å²) >= 11 is 3.55. The van der Waals surface area contributed by atoms with E-state index in [1.165, 1.54) is 18.4 Å². The first kappa shape index (κ1) is 15.4. The van der Waals surface area contributed by atoms with Crippen molar-refractivity contribution in [2.75, 3.05) is 20.3 Å². The Kier molecular flexibility index (Phi) is 5.49. The Hall–Kier alpha value is -1.00. The lowest BCUT2D eigenvalue weighted by Crippen LogP contribution is -2.18. The van der Waals surface area contributed by atoms with E-state index >= 15 is 0 Å². The van der Waals surface area contributed by atoms with Gasteiger partial charge in [0.1, 0.15) is 0 Å². The minimum atomic E-state index is 0.620. The molecule has 2 rings (SSSR count). The third-order valence-electron chi connectivity index (χ3n) is 3.20. The summed E-state index contributed by atoms with van der Waals surface area (Å²) in [6.45, 7) is 5.67. The number of ether oxygens (including phenoxy) is 2. The van der Waals surface area contributed by atoms with Crippen LogP contribution in [0.15, 0.2) is 22.2 Å². The molecule has 3 nitrogen and oxygen atoms in total. The molecule has 1 saturated carbocycles. The van der Waals surface area contributed by atoms with Gasteiger partial charge in [-0.3, -0.25) is 0 Å². The van der Waals surface area contributed by atoms with Gasteiger partial charge in [-0.25, -0.2) is 0 Å². The molecule has 20 heavy (non-hydrogen) atoms. The number of nitrogens with one attached hydrogen (secondary N) is 1. The summed E-state index contributed by atoms with van der Waals surface area (Å²) in [6, 6.07) is 4.81. The van der Waals surface area contributed by atoms with Crippen molar-refractivity contribution in [3.8, 4) is 11.5 Å². The average molecular weight is 340 g/mol. The third-order valence-corrected chi connectivity index (χ3v) is 3.79. The van der Waals surface area contributed by atoms with E-state index in [2.05, 4.69) is 40.3 Å². The van der Waals surface area contributed by atoms with Crippen molar-refractivity contribution >= 4 is 22.0 Å². The zero-order valence-corrected chi connectivity index (χ0v) is 13.9. The summed E-state index contributed by atoms with van der Waals surface area (Å²) < 4.78 is 11.9. The van der Waals surface area contributed by atoms with Gasteiger partial charge in [-0.2, -0.15) is 0 Å². The first-order valence-electron chi connectivity index (χ1n) is 7.05. The number of benzene rings is 1. The highest BCUT2D eigenvalue weighted by atomic mass is 79.9. The lowest BCUT2D eigenvalue weighted by atomic mass is 10.1. The van der Waals surface area contributed by atoms with Crippen LogP contribution in [-0.4, -0.2) is 26.3 Å². The van der Waals surface area contributed by atoms with Gasteiger partial charge < -0.3 is 14.8 Å². The molecule has 4 heteroatoms. The van der Waals surface area contributed by atoms with E-state index in [0.29, 0.717) is 6.61 Å². The van der Waals surface area contributed by atoms with Gasteiger partial charge in [-0.15, -0.1) is 0 Å². The molecule has 1 aromatic carbocycles. The fourth-order valence-electron chi connectivity index (χ4n) is 2.04. The van der Waals surface area contributed by atoms with Crippen molar-refractivity contribution in [1.82, 2.24) is 5.32 Å². The molecule has 0 spiro atoms. The molecule has 0 aliphatic heterocycles. The quantitative estimate of drug-likeness (QED) is 0.813. The molecule has 0 heterocycles. The van der Waals surface area contributed by atoms with Crippen LogP contribution in [0.4, 0.5) is 0 Å². The second kappa shape index (κ2) is 7.14. The minimum absolute atomic E-state index is 0.620. The maximum Gasteiger partial charge on any atom is 0.175 e. The molecule has 1 fully saturated rings. The molecule has 0 radical (unpaired) electrons. The lowest BCUT2D eigenvalue weighted by molar-refractivity contribution is 0.309. The van der Waals surface area contributed by atoms with E-state index in [4.69, 9.17) is 9.47 Å². The topological polar surface area (TPSA) is 30.5 Å². The molecule has 0 atom stereocenters. The summed E-state index contributed by atoms with van der Waals surface area (Å²) in [6.07, 6.45) is 4.81. The van der Waals surface area contributed by atoms with Crippen molar-refractivity contribution in [2.24, 2.45) is 0 Å². The minimum Gasteiger partial charge on any atom is -0.493 e. The van der Waals surface area contributed by atoms with Crippen molar-refractivity contribution in [2.45, 2.75) is 32.7 Å². The summed E-state index contributed by atoms with van der Waals surface area (Å²) in [5.41, 5.74) is 2.43. The van der Waals surface area contributed by atoms with Crippen molar-refractivity contribution in [3.05, 3.63) is 27.7 Å². The predicted molar refractivity (Wildman–Crippen MR) is 86.5 cm³/mol. The fourth-order valence-corrected chi connectivity index (χ4v) is 2.61. The van der Waals surface area contributed by atoms with Gasteiger partial charge >= 0.3 is 0 Å². The highest BCUT2D eigenvalue weighted by Gasteiger charge is 2.19. The smallest absolute Gasteiger partial charge is 0.175 e. The van der Waals surface area contributed by atoms with Crippen molar-refractivity contribution < 1.29 is 9.47 Å². The number of rotatable bonds is 7. The van der Waals surface area contributed by atoms with E-state index < -0.39 is 0 Å². The average Bonchev–Trinajstić information content (AvgIpc) is 3.23. The second-order valence-electron chi connectivity index (χ2n) is 5.11. The number of hydrogen-bond acceptors (Lipinski definition) is 3.